The number of likely N-dealkylation sites (N-methyl/N-ethyl adjacent to an activating group) is 1. The molecule has 0 aliphatic rings. The average Bonchev–Trinajstić information content (AvgIpc) is 2.36. The standard InChI is InChI=1S/C11H11ClN2O4S/c1-7(11(15)16)14(2)19(17,18)10-5-3-4-9(12)8(10)6-13/h3-5,7H,1-2H3,(H,15,16). The molecule has 6 nitrogen and oxygen atoms in total. The van der Waals surface area contributed by atoms with Crippen LogP contribution in [0.15, 0.2) is 23.1 Å². The normalized spacial score (nSPS) is 13.0. The molecule has 1 rings (SSSR count). The van der Waals surface area contributed by atoms with Crippen molar-refractivity contribution in [3.8, 4) is 6.07 Å². The number of sulfonamides is 1. The van der Waals surface area contributed by atoms with E-state index >= 15 is 0 Å². The molecule has 0 radical (unpaired) electrons. The minimum Gasteiger partial charge on any atom is -0.480 e. The predicted octanol–water partition coefficient (Wildman–Crippen LogP) is 1.31. The van der Waals surface area contributed by atoms with Gasteiger partial charge in [-0.25, -0.2) is 8.42 Å². The Labute approximate surface area is 115 Å². The molecule has 1 atom stereocenters. The monoisotopic (exact) mass is 302 g/mol. The number of carbonyl (C=O) groups is 1. The van der Waals surface area contributed by atoms with Crippen LogP contribution in [0, 0.1) is 11.3 Å². The molecule has 0 heterocycles. The minimum absolute atomic E-state index is 0.0000435. The summed E-state index contributed by atoms with van der Waals surface area (Å²) in [5.41, 5.74) is -0.200. The Morgan fingerprint density at radius 2 is 2.11 bits per heavy atom. The Bertz CT molecular complexity index is 651. The number of halogens is 1. The third kappa shape index (κ3) is 2.87. The summed E-state index contributed by atoms with van der Waals surface area (Å²) in [6.45, 7) is 1.23. The molecule has 1 unspecified atom stereocenters. The lowest BCUT2D eigenvalue weighted by atomic mass is 10.2. The number of carboxylic acids is 1. The Balaban J connectivity index is 3.41. The third-order valence-electron chi connectivity index (χ3n) is 2.65. The van der Waals surface area contributed by atoms with Crippen molar-refractivity contribution in [2.24, 2.45) is 0 Å². The highest BCUT2D eigenvalue weighted by atomic mass is 35.5. The topological polar surface area (TPSA) is 98.5 Å². The lowest BCUT2D eigenvalue weighted by Gasteiger charge is -2.21. The van der Waals surface area contributed by atoms with Gasteiger partial charge in [-0.05, 0) is 19.1 Å². The van der Waals surface area contributed by atoms with Gasteiger partial charge in [0.1, 0.15) is 17.0 Å². The lowest BCUT2D eigenvalue weighted by molar-refractivity contribution is -0.140. The number of aliphatic carboxylic acids is 1. The first-order chi connectivity index (χ1) is 8.73. The van der Waals surface area contributed by atoms with E-state index in [9.17, 15) is 13.2 Å². The van der Waals surface area contributed by atoms with Crippen LogP contribution in [0.4, 0.5) is 0 Å². The zero-order valence-corrected chi connectivity index (χ0v) is 11.7. The summed E-state index contributed by atoms with van der Waals surface area (Å²) in [5.74, 6) is -1.29. The summed E-state index contributed by atoms with van der Waals surface area (Å²) in [4.78, 5) is 10.5. The van der Waals surface area contributed by atoms with E-state index in [0.717, 1.165) is 7.05 Å². The van der Waals surface area contributed by atoms with Gasteiger partial charge < -0.3 is 5.11 Å². The van der Waals surface area contributed by atoms with Gasteiger partial charge >= 0.3 is 5.97 Å². The zero-order chi connectivity index (χ0) is 14.8. The predicted molar refractivity (Wildman–Crippen MR) is 68.2 cm³/mol. The summed E-state index contributed by atoms with van der Waals surface area (Å²) in [7, 11) is -2.97. The second-order valence-electron chi connectivity index (χ2n) is 3.76. The second-order valence-corrected chi connectivity index (χ2v) is 6.13. The Hall–Kier alpha value is -1.62. The van der Waals surface area contributed by atoms with E-state index < -0.39 is 22.0 Å². The van der Waals surface area contributed by atoms with Crippen molar-refractivity contribution < 1.29 is 18.3 Å². The van der Waals surface area contributed by atoms with E-state index in [1.807, 2.05) is 0 Å². The summed E-state index contributed by atoms with van der Waals surface area (Å²) in [5, 5.41) is 17.8. The number of nitriles is 1. The molecule has 102 valence electrons. The first kappa shape index (κ1) is 15.4. The fourth-order valence-corrected chi connectivity index (χ4v) is 3.10. The van der Waals surface area contributed by atoms with Crippen LogP contribution >= 0.6 is 11.6 Å². The van der Waals surface area contributed by atoms with E-state index in [2.05, 4.69) is 0 Å². The molecule has 0 fully saturated rings. The number of rotatable bonds is 4. The molecule has 0 saturated carbocycles. The first-order valence-electron chi connectivity index (χ1n) is 5.13. The molecule has 1 aromatic carbocycles. The number of nitrogens with zero attached hydrogens (tertiary/aromatic N) is 2. The molecular formula is C11H11ClN2O4S. The summed E-state index contributed by atoms with van der Waals surface area (Å²) < 4.78 is 25.2. The van der Waals surface area contributed by atoms with Crippen LogP contribution in [-0.4, -0.2) is 36.9 Å². The smallest absolute Gasteiger partial charge is 0.321 e. The Kier molecular flexibility index (Phi) is 4.52. The summed E-state index contributed by atoms with van der Waals surface area (Å²) in [6.07, 6.45) is 0. The SMILES string of the molecule is CC(C(=O)O)N(C)S(=O)(=O)c1cccc(Cl)c1C#N. The lowest BCUT2D eigenvalue weighted by Crippen LogP contribution is -2.40. The molecular weight excluding hydrogens is 292 g/mol. The maximum absolute atomic E-state index is 12.3. The molecule has 0 aliphatic carbocycles. The van der Waals surface area contributed by atoms with Crippen LogP contribution in [0.3, 0.4) is 0 Å². The van der Waals surface area contributed by atoms with E-state index in [1.165, 1.54) is 25.1 Å². The summed E-state index contributed by atoms with van der Waals surface area (Å²) >= 11 is 5.76. The fraction of sp³-hybridized carbons (Fsp3) is 0.273. The van der Waals surface area contributed by atoms with Crippen LogP contribution in [0.25, 0.3) is 0 Å². The summed E-state index contributed by atoms with van der Waals surface area (Å²) in [6, 6.07) is 4.44. The van der Waals surface area contributed by atoms with Crippen molar-refractivity contribution in [1.29, 1.82) is 5.26 Å². The Morgan fingerprint density at radius 3 is 2.58 bits per heavy atom. The van der Waals surface area contributed by atoms with Crippen molar-refractivity contribution in [2.45, 2.75) is 17.9 Å². The van der Waals surface area contributed by atoms with Crippen molar-refractivity contribution >= 4 is 27.6 Å². The molecule has 0 amide bonds. The first-order valence-corrected chi connectivity index (χ1v) is 6.94. The highest BCUT2D eigenvalue weighted by molar-refractivity contribution is 7.89. The van der Waals surface area contributed by atoms with Gasteiger partial charge in [0.15, 0.2) is 0 Å². The Morgan fingerprint density at radius 1 is 1.53 bits per heavy atom. The number of hydrogen-bond acceptors (Lipinski definition) is 4. The van der Waals surface area contributed by atoms with Crippen LogP contribution < -0.4 is 0 Å². The zero-order valence-electron chi connectivity index (χ0n) is 10.2. The van der Waals surface area contributed by atoms with Crippen molar-refractivity contribution in [3.63, 3.8) is 0 Å². The van der Waals surface area contributed by atoms with Gasteiger partial charge in [-0.15, -0.1) is 0 Å². The van der Waals surface area contributed by atoms with Gasteiger partial charge in [0, 0.05) is 7.05 Å². The van der Waals surface area contributed by atoms with Gasteiger partial charge in [0.2, 0.25) is 10.0 Å². The fourth-order valence-electron chi connectivity index (χ4n) is 1.35. The van der Waals surface area contributed by atoms with E-state index in [-0.39, 0.29) is 15.5 Å². The largest absolute Gasteiger partial charge is 0.480 e. The molecule has 19 heavy (non-hydrogen) atoms. The molecule has 8 heteroatoms. The van der Waals surface area contributed by atoms with Gasteiger partial charge in [0.05, 0.1) is 10.6 Å². The maximum Gasteiger partial charge on any atom is 0.321 e. The van der Waals surface area contributed by atoms with Crippen molar-refractivity contribution in [1.82, 2.24) is 4.31 Å². The van der Waals surface area contributed by atoms with Crippen molar-refractivity contribution in [3.05, 3.63) is 28.8 Å². The third-order valence-corrected chi connectivity index (χ3v) is 4.93. The van der Waals surface area contributed by atoms with Crippen molar-refractivity contribution in [2.75, 3.05) is 7.05 Å². The molecule has 0 aliphatic heterocycles. The molecule has 1 aromatic rings. The van der Waals surface area contributed by atoms with E-state index in [4.69, 9.17) is 22.0 Å². The van der Waals surface area contributed by atoms with Crippen LogP contribution in [0.5, 0.6) is 0 Å². The number of hydrogen-bond donors (Lipinski definition) is 1. The van der Waals surface area contributed by atoms with Crippen LogP contribution in [-0.2, 0) is 14.8 Å². The second kappa shape index (κ2) is 5.57. The quantitative estimate of drug-likeness (QED) is 0.904. The van der Waals surface area contributed by atoms with Crippen LogP contribution in [0.1, 0.15) is 12.5 Å². The molecule has 1 N–H and O–H groups in total. The number of carboxylic acid groups (broad SMARTS) is 1. The van der Waals surface area contributed by atoms with E-state index in [0.29, 0.717) is 4.31 Å². The van der Waals surface area contributed by atoms with Gasteiger partial charge in [-0.3, -0.25) is 4.79 Å². The molecule has 0 saturated heterocycles. The van der Waals surface area contributed by atoms with Gasteiger partial charge in [0.25, 0.3) is 0 Å². The van der Waals surface area contributed by atoms with Crippen LogP contribution in [0.2, 0.25) is 5.02 Å². The number of benzene rings is 1. The highest BCUT2D eigenvalue weighted by Gasteiger charge is 2.31. The minimum atomic E-state index is -4.10. The highest BCUT2D eigenvalue weighted by Crippen LogP contribution is 2.26. The molecule has 0 aromatic heterocycles. The maximum atomic E-state index is 12.3. The average molecular weight is 303 g/mol. The van der Waals surface area contributed by atoms with Gasteiger partial charge in [-0.2, -0.15) is 9.57 Å². The molecule has 0 spiro atoms. The van der Waals surface area contributed by atoms with Gasteiger partial charge in [-0.1, -0.05) is 17.7 Å². The van der Waals surface area contributed by atoms with E-state index in [1.54, 1.807) is 6.07 Å². The molecule has 0 bridgehead atoms.